The monoisotopic (exact) mass is 283 g/mol. The Hall–Kier alpha value is -2.35. The van der Waals surface area contributed by atoms with E-state index in [1.54, 1.807) is 13.8 Å². The SMILES string of the molecule is COc1ccc([N+](=O)[O-])c(OCC(C)(C)C(=O)NN)c1. The molecular weight excluding hydrogens is 266 g/mol. The number of nitrogens with one attached hydrogen (secondary N) is 1. The number of hydrogen-bond acceptors (Lipinski definition) is 6. The molecule has 0 saturated carbocycles. The van der Waals surface area contributed by atoms with Crippen molar-refractivity contribution < 1.29 is 19.2 Å². The number of hydrazine groups is 1. The standard InChI is InChI=1S/C12H17N3O5/c1-12(2,11(16)14-13)7-20-10-6-8(19-3)4-5-9(10)15(17)18/h4-6H,7,13H2,1-3H3,(H,14,16). The molecule has 1 rings (SSSR count). The Kier molecular flexibility index (Phi) is 4.87. The summed E-state index contributed by atoms with van der Waals surface area (Å²) in [4.78, 5) is 21.9. The van der Waals surface area contributed by atoms with Crippen molar-refractivity contribution in [3.63, 3.8) is 0 Å². The van der Waals surface area contributed by atoms with Gasteiger partial charge in [-0.2, -0.15) is 0 Å². The molecule has 0 spiro atoms. The molecule has 0 aliphatic rings. The lowest BCUT2D eigenvalue weighted by atomic mass is 9.94. The van der Waals surface area contributed by atoms with Crippen LogP contribution in [0.15, 0.2) is 18.2 Å². The smallest absolute Gasteiger partial charge is 0.311 e. The van der Waals surface area contributed by atoms with Crippen LogP contribution in [0.4, 0.5) is 5.69 Å². The van der Waals surface area contributed by atoms with Crippen molar-refractivity contribution in [1.29, 1.82) is 0 Å². The maximum absolute atomic E-state index is 11.5. The lowest BCUT2D eigenvalue weighted by molar-refractivity contribution is -0.386. The first-order chi connectivity index (χ1) is 9.31. The molecule has 8 nitrogen and oxygen atoms in total. The highest BCUT2D eigenvalue weighted by Gasteiger charge is 2.29. The number of carbonyl (C=O) groups excluding carboxylic acids is 1. The van der Waals surface area contributed by atoms with Crippen molar-refractivity contribution in [3.8, 4) is 11.5 Å². The summed E-state index contributed by atoms with van der Waals surface area (Å²) >= 11 is 0. The minimum absolute atomic E-state index is 0.0345. The van der Waals surface area contributed by atoms with E-state index in [1.165, 1.54) is 25.3 Å². The molecule has 0 saturated heterocycles. The number of amides is 1. The molecule has 0 aliphatic carbocycles. The largest absolute Gasteiger partial charge is 0.497 e. The summed E-state index contributed by atoms with van der Waals surface area (Å²) in [7, 11) is 1.44. The van der Waals surface area contributed by atoms with E-state index in [0.717, 1.165) is 0 Å². The number of rotatable bonds is 6. The van der Waals surface area contributed by atoms with Crippen LogP contribution in [0.3, 0.4) is 0 Å². The Balaban J connectivity index is 2.96. The number of nitrogens with two attached hydrogens (primary N) is 1. The quantitative estimate of drug-likeness (QED) is 0.348. The van der Waals surface area contributed by atoms with E-state index in [2.05, 4.69) is 0 Å². The molecule has 0 heterocycles. The molecule has 8 heteroatoms. The summed E-state index contributed by atoms with van der Waals surface area (Å²) in [5.41, 5.74) is 0.900. The highest BCUT2D eigenvalue weighted by molar-refractivity contribution is 5.81. The van der Waals surface area contributed by atoms with Crippen molar-refractivity contribution in [2.75, 3.05) is 13.7 Å². The van der Waals surface area contributed by atoms with Crippen LogP contribution in [0.25, 0.3) is 0 Å². The van der Waals surface area contributed by atoms with Crippen LogP contribution in [0.2, 0.25) is 0 Å². The van der Waals surface area contributed by atoms with Crippen molar-refractivity contribution in [2.45, 2.75) is 13.8 Å². The number of nitro benzene ring substituents is 1. The molecule has 0 fully saturated rings. The summed E-state index contributed by atoms with van der Waals surface area (Å²) in [6.45, 7) is 3.16. The highest BCUT2D eigenvalue weighted by Crippen LogP contribution is 2.32. The second-order valence-electron chi connectivity index (χ2n) is 4.74. The molecule has 1 aromatic carbocycles. The van der Waals surface area contributed by atoms with E-state index in [1.807, 2.05) is 5.43 Å². The van der Waals surface area contributed by atoms with E-state index in [9.17, 15) is 14.9 Å². The first-order valence-corrected chi connectivity index (χ1v) is 5.78. The normalized spacial score (nSPS) is 10.8. The van der Waals surface area contributed by atoms with Gasteiger partial charge in [-0.05, 0) is 19.9 Å². The molecule has 0 bridgehead atoms. The summed E-state index contributed by atoms with van der Waals surface area (Å²) in [5, 5.41) is 10.9. The van der Waals surface area contributed by atoms with Crippen molar-refractivity contribution >= 4 is 11.6 Å². The van der Waals surface area contributed by atoms with Crippen molar-refractivity contribution in [3.05, 3.63) is 28.3 Å². The fraction of sp³-hybridized carbons (Fsp3) is 0.417. The lowest BCUT2D eigenvalue weighted by Crippen LogP contribution is -2.44. The van der Waals surface area contributed by atoms with Gasteiger partial charge < -0.3 is 9.47 Å². The number of ether oxygens (including phenoxy) is 2. The van der Waals surface area contributed by atoms with Crippen molar-refractivity contribution in [2.24, 2.45) is 11.3 Å². The van der Waals surface area contributed by atoms with Gasteiger partial charge in [0, 0.05) is 12.1 Å². The Morgan fingerprint density at radius 3 is 2.65 bits per heavy atom. The van der Waals surface area contributed by atoms with Crippen molar-refractivity contribution in [1.82, 2.24) is 5.43 Å². The average Bonchev–Trinajstić information content (AvgIpc) is 2.43. The molecule has 0 atom stereocenters. The third-order valence-electron chi connectivity index (χ3n) is 2.70. The summed E-state index contributed by atoms with van der Waals surface area (Å²) in [5.74, 6) is 5.10. The number of nitrogens with zero attached hydrogens (tertiary/aromatic N) is 1. The topological polar surface area (TPSA) is 117 Å². The molecule has 110 valence electrons. The number of hydrogen-bond donors (Lipinski definition) is 2. The minimum Gasteiger partial charge on any atom is -0.497 e. The van der Waals surface area contributed by atoms with Crippen LogP contribution in [0.1, 0.15) is 13.8 Å². The van der Waals surface area contributed by atoms with E-state index < -0.39 is 16.2 Å². The maximum atomic E-state index is 11.5. The molecule has 20 heavy (non-hydrogen) atoms. The van der Waals surface area contributed by atoms with Crippen LogP contribution in [-0.2, 0) is 4.79 Å². The fourth-order valence-electron chi connectivity index (χ4n) is 1.41. The van der Waals surface area contributed by atoms with E-state index in [4.69, 9.17) is 15.3 Å². The molecule has 0 aliphatic heterocycles. The second kappa shape index (κ2) is 6.20. The Morgan fingerprint density at radius 2 is 2.15 bits per heavy atom. The molecular formula is C12H17N3O5. The van der Waals surface area contributed by atoms with Gasteiger partial charge in [0.15, 0.2) is 0 Å². The Labute approximate surface area is 116 Å². The van der Waals surface area contributed by atoms with Gasteiger partial charge in [0.2, 0.25) is 11.7 Å². The zero-order chi connectivity index (χ0) is 15.3. The molecule has 1 amide bonds. The van der Waals surface area contributed by atoms with Crippen LogP contribution in [0.5, 0.6) is 11.5 Å². The molecule has 3 N–H and O–H groups in total. The zero-order valence-electron chi connectivity index (χ0n) is 11.5. The van der Waals surface area contributed by atoms with Gasteiger partial charge in [-0.3, -0.25) is 20.3 Å². The Bertz CT molecular complexity index is 516. The number of benzene rings is 1. The average molecular weight is 283 g/mol. The van der Waals surface area contributed by atoms with Gasteiger partial charge in [-0.25, -0.2) is 5.84 Å². The first kappa shape index (κ1) is 15.7. The third kappa shape index (κ3) is 3.58. The second-order valence-corrected chi connectivity index (χ2v) is 4.74. The van der Waals surface area contributed by atoms with Crippen LogP contribution in [-0.4, -0.2) is 24.5 Å². The van der Waals surface area contributed by atoms with Gasteiger partial charge in [0.25, 0.3) is 0 Å². The summed E-state index contributed by atoms with van der Waals surface area (Å²) in [6, 6.07) is 4.14. The molecule has 0 radical (unpaired) electrons. The third-order valence-corrected chi connectivity index (χ3v) is 2.70. The maximum Gasteiger partial charge on any atom is 0.311 e. The van der Waals surface area contributed by atoms with E-state index >= 15 is 0 Å². The van der Waals surface area contributed by atoms with Gasteiger partial charge in [-0.1, -0.05) is 0 Å². The number of nitro groups is 1. The van der Waals surface area contributed by atoms with Crippen LogP contribution >= 0.6 is 0 Å². The predicted molar refractivity (Wildman–Crippen MR) is 71.3 cm³/mol. The Morgan fingerprint density at radius 1 is 1.50 bits per heavy atom. The zero-order valence-corrected chi connectivity index (χ0v) is 11.5. The van der Waals surface area contributed by atoms with E-state index in [-0.39, 0.29) is 18.0 Å². The van der Waals surface area contributed by atoms with Gasteiger partial charge in [0.05, 0.1) is 17.4 Å². The summed E-state index contributed by atoms with van der Waals surface area (Å²) < 4.78 is 10.4. The lowest BCUT2D eigenvalue weighted by Gasteiger charge is -2.22. The van der Waals surface area contributed by atoms with Gasteiger partial charge >= 0.3 is 5.69 Å². The summed E-state index contributed by atoms with van der Waals surface area (Å²) in [6.07, 6.45) is 0. The van der Waals surface area contributed by atoms with Gasteiger partial charge in [-0.15, -0.1) is 0 Å². The number of methoxy groups -OCH3 is 1. The fourth-order valence-corrected chi connectivity index (χ4v) is 1.41. The predicted octanol–water partition coefficient (Wildman–Crippen LogP) is 0.998. The molecule has 0 unspecified atom stereocenters. The van der Waals surface area contributed by atoms with Gasteiger partial charge in [0.1, 0.15) is 12.4 Å². The van der Waals surface area contributed by atoms with Crippen LogP contribution < -0.4 is 20.7 Å². The first-order valence-electron chi connectivity index (χ1n) is 5.78. The molecule has 0 aromatic heterocycles. The van der Waals surface area contributed by atoms with E-state index in [0.29, 0.717) is 5.75 Å². The minimum atomic E-state index is -0.925. The van der Waals surface area contributed by atoms with Crippen LogP contribution in [0, 0.1) is 15.5 Å². The molecule has 1 aromatic rings. The number of carbonyl (C=O) groups is 1. The highest BCUT2D eigenvalue weighted by atomic mass is 16.6.